The van der Waals surface area contributed by atoms with Crippen molar-refractivity contribution >= 4 is 5.97 Å². The predicted octanol–water partition coefficient (Wildman–Crippen LogP) is 0.990. The molecule has 2 heterocycles. The Morgan fingerprint density at radius 1 is 1.35 bits per heavy atom. The van der Waals surface area contributed by atoms with E-state index in [1.807, 2.05) is 14.1 Å². The normalized spacial score (nSPS) is 10.9. The van der Waals surface area contributed by atoms with E-state index in [2.05, 4.69) is 20.2 Å². The van der Waals surface area contributed by atoms with Gasteiger partial charge in [0.25, 0.3) is 0 Å². The highest BCUT2D eigenvalue weighted by molar-refractivity contribution is 5.92. The number of rotatable bonds is 6. The average Bonchev–Trinajstić information content (AvgIpc) is 2.83. The van der Waals surface area contributed by atoms with Crippen LogP contribution in [0.4, 0.5) is 0 Å². The molecule has 0 amide bonds. The minimum atomic E-state index is -1.07. The molecule has 7 nitrogen and oxygen atoms in total. The summed E-state index contributed by atoms with van der Waals surface area (Å²) < 4.78 is 1.64. The van der Waals surface area contributed by atoms with Crippen molar-refractivity contribution in [2.75, 3.05) is 20.6 Å². The molecule has 0 aliphatic heterocycles. The monoisotopic (exact) mass is 275 g/mol. The van der Waals surface area contributed by atoms with Crippen molar-refractivity contribution in [3.8, 4) is 11.3 Å². The first-order chi connectivity index (χ1) is 9.59. The van der Waals surface area contributed by atoms with E-state index in [1.165, 1.54) is 0 Å². The highest BCUT2D eigenvalue weighted by Crippen LogP contribution is 2.21. The van der Waals surface area contributed by atoms with Gasteiger partial charge in [-0.2, -0.15) is 0 Å². The fourth-order valence-electron chi connectivity index (χ4n) is 1.95. The molecule has 0 spiro atoms. The summed E-state index contributed by atoms with van der Waals surface area (Å²) in [6.45, 7) is 1.52. The lowest BCUT2D eigenvalue weighted by atomic mass is 10.1. The van der Waals surface area contributed by atoms with Crippen LogP contribution in [-0.4, -0.2) is 56.6 Å². The summed E-state index contributed by atoms with van der Waals surface area (Å²) >= 11 is 0. The molecule has 2 aromatic rings. The number of aromatic nitrogens is 4. The summed E-state index contributed by atoms with van der Waals surface area (Å²) in [7, 11) is 3.99. The van der Waals surface area contributed by atoms with Crippen molar-refractivity contribution in [3.05, 3.63) is 30.2 Å². The second-order valence-electron chi connectivity index (χ2n) is 4.71. The first kappa shape index (κ1) is 14.1. The molecule has 0 aliphatic rings. The molecule has 20 heavy (non-hydrogen) atoms. The lowest BCUT2D eigenvalue weighted by molar-refractivity contribution is 0.0691. The third-order valence-electron chi connectivity index (χ3n) is 2.87. The van der Waals surface area contributed by atoms with Crippen LogP contribution in [0.5, 0.6) is 0 Å². The maximum absolute atomic E-state index is 11.3. The van der Waals surface area contributed by atoms with Crippen LogP contribution in [0, 0.1) is 0 Å². The number of aromatic carboxylic acids is 1. The van der Waals surface area contributed by atoms with Crippen LogP contribution >= 0.6 is 0 Å². The van der Waals surface area contributed by atoms with Crippen LogP contribution in [0.25, 0.3) is 11.3 Å². The Hall–Kier alpha value is -2.28. The van der Waals surface area contributed by atoms with E-state index in [4.69, 9.17) is 0 Å². The topological polar surface area (TPSA) is 84.1 Å². The highest BCUT2D eigenvalue weighted by Gasteiger charge is 2.20. The van der Waals surface area contributed by atoms with E-state index in [1.54, 1.807) is 29.2 Å². The first-order valence-electron chi connectivity index (χ1n) is 6.31. The van der Waals surface area contributed by atoms with Crippen LogP contribution in [0.1, 0.15) is 16.9 Å². The number of hydrogen-bond acceptors (Lipinski definition) is 5. The zero-order chi connectivity index (χ0) is 14.5. The van der Waals surface area contributed by atoms with E-state index >= 15 is 0 Å². The number of pyridine rings is 1. The van der Waals surface area contributed by atoms with Crippen molar-refractivity contribution < 1.29 is 9.90 Å². The Morgan fingerprint density at radius 3 is 2.65 bits per heavy atom. The highest BCUT2D eigenvalue weighted by atomic mass is 16.4. The Balaban J connectivity index is 2.31. The van der Waals surface area contributed by atoms with Gasteiger partial charge in [-0.1, -0.05) is 5.21 Å². The first-order valence-corrected chi connectivity index (χ1v) is 6.31. The van der Waals surface area contributed by atoms with E-state index in [0.717, 1.165) is 18.5 Å². The van der Waals surface area contributed by atoms with Gasteiger partial charge < -0.3 is 10.0 Å². The average molecular weight is 275 g/mol. The van der Waals surface area contributed by atoms with Gasteiger partial charge in [0.1, 0.15) is 5.69 Å². The third kappa shape index (κ3) is 3.18. The van der Waals surface area contributed by atoms with Gasteiger partial charge >= 0.3 is 5.97 Å². The van der Waals surface area contributed by atoms with E-state index in [-0.39, 0.29) is 5.69 Å². The zero-order valence-corrected chi connectivity index (χ0v) is 11.5. The minimum absolute atomic E-state index is 0.0268. The van der Waals surface area contributed by atoms with E-state index in [9.17, 15) is 9.90 Å². The molecule has 0 atom stereocenters. The van der Waals surface area contributed by atoms with Crippen molar-refractivity contribution in [2.45, 2.75) is 13.0 Å². The molecule has 2 aromatic heterocycles. The largest absolute Gasteiger partial charge is 0.476 e. The van der Waals surface area contributed by atoms with Crippen molar-refractivity contribution in [2.24, 2.45) is 0 Å². The standard InChI is InChI=1S/C13H17N5O2/c1-17(2)8-3-9-18-12(10-4-6-14-7-5-10)11(13(19)20)15-16-18/h4-7H,3,8-9H2,1-2H3,(H,19,20). The predicted molar refractivity (Wildman–Crippen MR) is 73.4 cm³/mol. The Kier molecular flexibility index (Phi) is 4.41. The summed E-state index contributed by atoms with van der Waals surface area (Å²) in [6, 6.07) is 3.52. The van der Waals surface area contributed by atoms with Gasteiger partial charge in [0.15, 0.2) is 5.69 Å². The van der Waals surface area contributed by atoms with Gasteiger partial charge in [0.2, 0.25) is 0 Å². The van der Waals surface area contributed by atoms with Crippen LogP contribution in [0.15, 0.2) is 24.5 Å². The second kappa shape index (κ2) is 6.25. The second-order valence-corrected chi connectivity index (χ2v) is 4.71. The molecular formula is C13H17N5O2. The molecule has 0 fully saturated rings. The Labute approximate surface area is 116 Å². The lowest BCUT2D eigenvalue weighted by Crippen LogP contribution is -2.16. The number of nitrogens with zero attached hydrogens (tertiary/aromatic N) is 5. The smallest absolute Gasteiger partial charge is 0.358 e. The van der Waals surface area contributed by atoms with Gasteiger partial charge in [-0.15, -0.1) is 5.10 Å². The molecule has 7 heteroatoms. The van der Waals surface area contributed by atoms with Crippen LogP contribution < -0.4 is 0 Å². The summed E-state index contributed by atoms with van der Waals surface area (Å²) in [5, 5.41) is 16.9. The van der Waals surface area contributed by atoms with E-state index < -0.39 is 5.97 Å². The van der Waals surface area contributed by atoms with Crippen molar-refractivity contribution in [1.82, 2.24) is 24.9 Å². The summed E-state index contributed by atoms with van der Waals surface area (Å²) in [6.07, 6.45) is 4.11. The van der Waals surface area contributed by atoms with E-state index in [0.29, 0.717) is 12.2 Å². The molecule has 0 saturated carbocycles. The Bertz CT molecular complexity index is 580. The lowest BCUT2D eigenvalue weighted by Gasteiger charge is -2.10. The van der Waals surface area contributed by atoms with Crippen LogP contribution in [0.2, 0.25) is 0 Å². The van der Waals surface area contributed by atoms with Gasteiger partial charge in [-0.05, 0) is 39.2 Å². The fraction of sp³-hybridized carbons (Fsp3) is 0.385. The van der Waals surface area contributed by atoms with Gasteiger partial charge in [0, 0.05) is 24.5 Å². The molecule has 1 N–H and O–H groups in total. The number of carboxylic acids is 1. The van der Waals surface area contributed by atoms with Crippen LogP contribution in [0.3, 0.4) is 0 Å². The number of aryl methyl sites for hydroxylation is 1. The number of carbonyl (C=O) groups is 1. The number of carboxylic acid groups (broad SMARTS) is 1. The van der Waals surface area contributed by atoms with Gasteiger partial charge in [0.05, 0.1) is 0 Å². The van der Waals surface area contributed by atoms with Gasteiger partial charge in [-0.25, -0.2) is 9.48 Å². The SMILES string of the molecule is CN(C)CCCn1nnc(C(=O)O)c1-c1ccncc1. The van der Waals surface area contributed by atoms with Crippen molar-refractivity contribution in [3.63, 3.8) is 0 Å². The molecular weight excluding hydrogens is 258 g/mol. The fourth-order valence-corrected chi connectivity index (χ4v) is 1.95. The maximum atomic E-state index is 11.3. The molecule has 0 radical (unpaired) electrons. The van der Waals surface area contributed by atoms with Crippen molar-refractivity contribution in [1.29, 1.82) is 0 Å². The van der Waals surface area contributed by atoms with Crippen LogP contribution in [-0.2, 0) is 6.54 Å². The molecule has 0 aliphatic carbocycles. The summed E-state index contributed by atoms with van der Waals surface area (Å²) in [4.78, 5) is 17.3. The molecule has 106 valence electrons. The molecule has 0 bridgehead atoms. The summed E-state index contributed by atoms with van der Waals surface area (Å²) in [5.74, 6) is -1.07. The summed E-state index contributed by atoms with van der Waals surface area (Å²) in [5.41, 5.74) is 1.26. The zero-order valence-electron chi connectivity index (χ0n) is 11.5. The Morgan fingerprint density at radius 2 is 2.05 bits per heavy atom. The quantitative estimate of drug-likeness (QED) is 0.846. The van der Waals surface area contributed by atoms with Gasteiger partial charge in [-0.3, -0.25) is 4.98 Å². The minimum Gasteiger partial charge on any atom is -0.476 e. The maximum Gasteiger partial charge on any atom is 0.358 e. The third-order valence-corrected chi connectivity index (χ3v) is 2.87. The molecule has 0 saturated heterocycles. The molecule has 0 aromatic carbocycles. The number of hydrogen-bond donors (Lipinski definition) is 1. The molecule has 2 rings (SSSR count). The molecule has 0 unspecified atom stereocenters.